The largest absolute Gasteiger partial charge is 0.467 e. The molecule has 0 bridgehead atoms. The number of hydrogen-bond acceptors (Lipinski definition) is 6. The SMILES string of the molecule is COC1OCOc2cc3c4c(cccc4c21)C(=O)OC3=O. The van der Waals surface area contributed by atoms with Crippen molar-refractivity contribution in [2.75, 3.05) is 13.9 Å². The number of cyclic esters (lactones) is 2. The van der Waals surface area contributed by atoms with Crippen molar-refractivity contribution in [2.24, 2.45) is 0 Å². The number of benzene rings is 2. The van der Waals surface area contributed by atoms with Gasteiger partial charge in [-0.2, -0.15) is 0 Å². The quantitative estimate of drug-likeness (QED) is 0.591. The van der Waals surface area contributed by atoms with Crippen molar-refractivity contribution in [1.29, 1.82) is 0 Å². The smallest absolute Gasteiger partial charge is 0.346 e. The van der Waals surface area contributed by atoms with Gasteiger partial charge in [-0.1, -0.05) is 12.1 Å². The number of fused-ring (bicyclic) bond motifs is 2. The van der Waals surface area contributed by atoms with E-state index in [4.69, 9.17) is 18.9 Å². The monoisotopic (exact) mass is 286 g/mol. The van der Waals surface area contributed by atoms with Gasteiger partial charge < -0.3 is 18.9 Å². The molecule has 1 unspecified atom stereocenters. The van der Waals surface area contributed by atoms with Gasteiger partial charge in [-0.25, -0.2) is 9.59 Å². The molecule has 0 saturated carbocycles. The van der Waals surface area contributed by atoms with Gasteiger partial charge in [-0.05, 0) is 17.5 Å². The van der Waals surface area contributed by atoms with Crippen molar-refractivity contribution in [3.05, 3.63) is 41.0 Å². The molecule has 0 fully saturated rings. The average molecular weight is 286 g/mol. The van der Waals surface area contributed by atoms with Crippen LogP contribution in [0.5, 0.6) is 5.75 Å². The lowest BCUT2D eigenvalue weighted by molar-refractivity contribution is -0.179. The molecule has 0 aliphatic carbocycles. The van der Waals surface area contributed by atoms with Gasteiger partial charge in [0.05, 0.1) is 16.7 Å². The lowest BCUT2D eigenvalue weighted by Gasteiger charge is -2.28. The van der Waals surface area contributed by atoms with Crippen molar-refractivity contribution in [2.45, 2.75) is 6.29 Å². The first-order chi connectivity index (χ1) is 10.2. The first-order valence-electron chi connectivity index (χ1n) is 6.34. The van der Waals surface area contributed by atoms with E-state index in [0.29, 0.717) is 33.2 Å². The molecule has 1 atom stereocenters. The van der Waals surface area contributed by atoms with Gasteiger partial charge in [0.15, 0.2) is 13.1 Å². The molecule has 0 aromatic heterocycles. The fraction of sp³-hybridized carbons (Fsp3) is 0.200. The van der Waals surface area contributed by atoms with Crippen LogP contribution in [0.25, 0.3) is 10.8 Å². The van der Waals surface area contributed by atoms with Crippen molar-refractivity contribution in [3.63, 3.8) is 0 Å². The molecular formula is C15H10O6. The summed E-state index contributed by atoms with van der Waals surface area (Å²) in [6, 6.07) is 6.72. The van der Waals surface area contributed by atoms with Crippen LogP contribution in [0.1, 0.15) is 32.6 Å². The van der Waals surface area contributed by atoms with Crippen LogP contribution in [0, 0.1) is 0 Å². The van der Waals surface area contributed by atoms with E-state index in [1.54, 1.807) is 24.3 Å². The molecule has 21 heavy (non-hydrogen) atoms. The molecule has 2 aliphatic rings. The van der Waals surface area contributed by atoms with Crippen LogP contribution in [-0.4, -0.2) is 25.8 Å². The Morgan fingerprint density at radius 1 is 1.19 bits per heavy atom. The predicted octanol–water partition coefficient (Wildman–Crippen LogP) is 2.16. The second kappa shape index (κ2) is 4.28. The van der Waals surface area contributed by atoms with Crippen LogP contribution in [0.2, 0.25) is 0 Å². The standard InChI is InChI=1S/C15H10O6/c1-18-15-12-7-3-2-4-8-11(7)9(14(17)21-13(8)16)5-10(12)19-6-20-15/h2-5,15H,6H2,1H3. The number of hydrogen-bond donors (Lipinski definition) is 0. The normalized spacial score (nSPS) is 20.0. The highest BCUT2D eigenvalue weighted by Gasteiger charge is 2.33. The summed E-state index contributed by atoms with van der Waals surface area (Å²) >= 11 is 0. The Hall–Kier alpha value is -2.44. The van der Waals surface area contributed by atoms with Gasteiger partial charge in [-0.15, -0.1) is 0 Å². The summed E-state index contributed by atoms with van der Waals surface area (Å²) in [6.45, 7) is 0.0319. The van der Waals surface area contributed by atoms with E-state index in [2.05, 4.69) is 0 Å². The number of carbonyl (C=O) groups excluding carboxylic acids is 2. The lowest BCUT2D eigenvalue weighted by Crippen LogP contribution is -2.23. The molecule has 0 radical (unpaired) electrons. The zero-order chi connectivity index (χ0) is 14.6. The summed E-state index contributed by atoms with van der Waals surface area (Å²) in [5, 5.41) is 1.24. The Morgan fingerprint density at radius 3 is 2.81 bits per heavy atom. The Bertz CT molecular complexity index is 794. The van der Waals surface area contributed by atoms with Gasteiger partial charge in [0.25, 0.3) is 0 Å². The first kappa shape index (κ1) is 12.3. The van der Waals surface area contributed by atoms with Gasteiger partial charge in [0.2, 0.25) is 0 Å². The summed E-state index contributed by atoms with van der Waals surface area (Å²) in [5.41, 5.74) is 1.34. The molecule has 0 saturated heterocycles. The molecular weight excluding hydrogens is 276 g/mol. The highest BCUT2D eigenvalue weighted by atomic mass is 16.8. The molecule has 2 aromatic carbocycles. The Balaban J connectivity index is 2.15. The van der Waals surface area contributed by atoms with Crippen LogP contribution in [0.4, 0.5) is 0 Å². The molecule has 2 heterocycles. The number of esters is 2. The Labute approximate surface area is 119 Å². The van der Waals surface area contributed by atoms with Gasteiger partial charge >= 0.3 is 11.9 Å². The number of carbonyl (C=O) groups is 2. The fourth-order valence-corrected chi connectivity index (χ4v) is 2.80. The summed E-state index contributed by atoms with van der Waals surface area (Å²) in [4.78, 5) is 23.8. The minimum absolute atomic E-state index is 0.0319. The lowest BCUT2D eigenvalue weighted by atomic mass is 9.92. The minimum Gasteiger partial charge on any atom is -0.467 e. The third-order valence-electron chi connectivity index (χ3n) is 3.67. The molecule has 6 heteroatoms. The molecule has 6 nitrogen and oxygen atoms in total. The van der Waals surface area contributed by atoms with E-state index in [1.165, 1.54) is 7.11 Å². The number of methoxy groups -OCH3 is 1. The molecule has 0 amide bonds. The summed E-state index contributed by atoms with van der Waals surface area (Å²) in [6.07, 6.45) is -0.605. The van der Waals surface area contributed by atoms with E-state index >= 15 is 0 Å². The van der Waals surface area contributed by atoms with E-state index in [9.17, 15) is 9.59 Å². The molecule has 4 rings (SSSR count). The highest BCUT2D eigenvalue weighted by Crippen LogP contribution is 2.42. The predicted molar refractivity (Wildman–Crippen MR) is 70.0 cm³/mol. The second-order valence-electron chi connectivity index (χ2n) is 4.74. The van der Waals surface area contributed by atoms with Gasteiger partial charge in [-0.3, -0.25) is 0 Å². The maximum Gasteiger partial charge on any atom is 0.346 e. The maximum atomic E-state index is 12.0. The zero-order valence-electron chi connectivity index (χ0n) is 11.0. The molecule has 2 aromatic rings. The van der Waals surface area contributed by atoms with E-state index in [-0.39, 0.29) is 6.79 Å². The van der Waals surface area contributed by atoms with Crippen molar-refractivity contribution in [1.82, 2.24) is 0 Å². The Morgan fingerprint density at radius 2 is 2.00 bits per heavy atom. The van der Waals surface area contributed by atoms with E-state index < -0.39 is 18.2 Å². The van der Waals surface area contributed by atoms with Crippen LogP contribution in [0.15, 0.2) is 24.3 Å². The molecule has 2 aliphatic heterocycles. The van der Waals surface area contributed by atoms with Crippen LogP contribution < -0.4 is 4.74 Å². The fourth-order valence-electron chi connectivity index (χ4n) is 2.80. The van der Waals surface area contributed by atoms with Crippen LogP contribution in [-0.2, 0) is 14.2 Å². The number of rotatable bonds is 1. The number of ether oxygens (including phenoxy) is 4. The summed E-state index contributed by atoms with van der Waals surface area (Å²) in [5.74, 6) is -0.820. The van der Waals surface area contributed by atoms with Crippen molar-refractivity contribution in [3.8, 4) is 5.75 Å². The Kier molecular flexibility index (Phi) is 2.51. The van der Waals surface area contributed by atoms with Gasteiger partial charge in [0.1, 0.15) is 5.75 Å². The zero-order valence-corrected chi connectivity index (χ0v) is 11.0. The van der Waals surface area contributed by atoms with Crippen molar-refractivity contribution >= 4 is 22.7 Å². The van der Waals surface area contributed by atoms with Crippen molar-refractivity contribution < 1.29 is 28.5 Å². The van der Waals surface area contributed by atoms with E-state index in [1.807, 2.05) is 0 Å². The second-order valence-corrected chi connectivity index (χ2v) is 4.74. The highest BCUT2D eigenvalue weighted by molar-refractivity contribution is 6.21. The summed E-state index contributed by atoms with van der Waals surface area (Å²) in [7, 11) is 1.52. The van der Waals surface area contributed by atoms with Crippen LogP contribution in [0.3, 0.4) is 0 Å². The van der Waals surface area contributed by atoms with E-state index in [0.717, 1.165) is 0 Å². The molecule has 106 valence electrons. The van der Waals surface area contributed by atoms with Crippen LogP contribution >= 0.6 is 0 Å². The van der Waals surface area contributed by atoms with Gasteiger partial charge in [0, 0.05) is 12.5 Å². The first-order valence-corrected chi connectivity index (χ1v) is 6.34. The third-order valence-corrected chi connectivity index (χ3v) is 3.67. The topological polar surface area (TPSA) is 71.1 Å². The molecule has 0 spiro atoms. The molecule has 0 N–H and O–H groups in total. The third kappa shape index (κ3) is 1.60. The summed E-state index contributed by atoms with van der Waals surface area (Å²) < 4.78 is 20.9. The average Bonchev–Trinajstić information content (AvgIpc) is 2.51. The maximum absolute atomic E-state index is 12.0. The minimum atomic E-state index is -0.671.